The molecule has 0 aromatic rings. The molecule has 12 heavy (non-hydrogen) atoms. The molecule has 2 nitrogen and oxygen atoms in total. The second-order valence-electron chi connectivity index (χ2n) is 4.27. The summed E-state index contributed by atoms with van der Waals surface area (Å²) in [5, 5.41) is 0. The van der Waals surface area contributed by atoms with E-state index in [1.165, 1.54) is 38.8 Å². The van der Waals surface area contributed by atoms with Gasteiger partial charge in [-0.2, -0.15) is 0 Å². The minimum atomic E-state index is 0.660. The molecule has 0 aromatic heterocycles. The lowest BCUT2D eigenvalue weighted by molar-refractivity contribution is -0.108. The first-order chi connectivity index (χ1) is 5.88. The van der Waals surface area contributed by atoms with E-state index >= 15 is 0 Å². The molecule has 2 heteroatoms. The molecule has 0 N–H and O–H groups in total. The summed E-state index contributed by atoms with van der Waals surface area (Å²) >= 11 is 0. The number of hydrogen-bond donors (Lipinski definition) is 0. The standard InChI is InChI=1S/C10H17NO/c12-6-5-11(7-9-1-2-9)8-10-3-4-10/h6,9-10H,1-5,7-8H2. The largest absolute Gasteiger partial charge is 0.302 e. The van der Waals surface area contributed by atoms with Crippen molar-refractivity contribution < 1.29 is 4.79 Å². The van der Waals surface area contributed by atoms with E-state index in [-0.39, 0.29) is 0 Å². The maximum atomic E-state index is 10.4. The molecule has 2 saturated carbocycles. The minimum absolute atomic E-state index is 0.660. The Balaban J connectivity index is 1.69. The van der Waals surface area contributed by atoms with Crippen LogP contribution in [0.25, 0.3) is 0 Å². The summed E-state index contributed by atoms with van der Waals surface area (Å²) in [6, 6.07) is 0. The van der Waals surface area contributed by atoms with E-state index in [0.29, 0.717) is 6.54 Å². The molecular formula is C10H17NO. The van der Waals surface area contributed by atoms with E-state index in [1.54, 1.807) is 0 Å². The predicted molar refractivity (Wildman–Crippen MR) is 48.0 cm³/mol. The first-order valence-electron chi connectivity index (χ1n) is 5.04. The highest BCUT2D eigenvalue weighted by molar-refractivity contribution is 5.51. The monoisotopic (exact) mass is 167 g/mol. The van der Waals surface area contributed by atoms with Gasteiger partial charge in [-0.1, -0.05) is 0 Å². The van der Waals surface area contributed by atoms with Crippen molar-refractivity contribution in [2.24, 2.45) is 11.8 Å². The smallest absolute Gasteiger partial charge is 0.133 e. The van der Waals surface area contributed by atoms with Crippen LogP contribution in [0.15, 0.2) is 0 Å². The quantitative estimate of drug-likeness (QED) is 0.556. The molecule has 68 valence electrons. The molecule has 0 aliphatic heterocycles. The fourth-order valence-corrected chi connectivity index (χ4v) is 1.66. The zero-order chi connectivity index (χ0) is 8.39. The van der Waals surface area contributed by atoms with Crippen molar-refractivity contribution in [2.45, 2.75) is 25.7 Å². The maximum Gasteiger partial charge on any atom is 0.133 e. The number of hydrogen-bond acceptors (Lipinski definition) is 2. The van der Waals surface area contributed by atoms with Crippen molar-refractivity contribution >= 4 is 6.29 Å². The highest BCUT2D eigenvalue weighted by Gasteiger charge is 2.28. The molecule has 0 bridgehead atoms. The number of carbonyl (C=O) groups is 1. The molecule has 0 heterocycles. The molecule has 0 unspecified atom stereocenters. The number of carbonyl (C=O) groups excluding carboxylic acids is 1. The van der Waals surface area contributed by atoms with Gasteiger partial charge in [-0.05, 0) is 37.5 Å². The number of aldehydes is 1. The third-order valence-electron chi connectivity index (χ3n) is 2.76. The van der Waals surface area contributed by atoms with E-state index in [4.69, 9.17) is 0 Å². The van der Waals surface area contributed by atoms with Crippen LogP contribution >= 0.6 is 0 Å². The Labute approximate surface area is 73.9 Å². The molecular weight excluding hydrogens is 150 g/mol. The van der Waals surface area contributed by atoms with Crippen LogP contribution in [-0.4, -0.2) is 30.8 Å². The van der Waals surface area contributed by atoms with Crippen LogP contribution in [-0.2, 0) is 4.79 Å². The van der Waals surface area contributed by atoms with Crippen LogP contribution in [0.3, 0.4) is 0 Å². The van der Waals surface area contributed by atoms with Crippen molar-refractivity contribution in [1.29, 1.82) is 0 Å². The fourth-order valence-electron chi connectivity index (χ4n) is 1.66. The Kier molecular flexibility index (Phi) is 2.45. The molecule has 0 atom stereocenters. The molecule has 2 rings (SSSR count). The normalized spacial score (nSPS) is 23.1. The molecule has 0 spiro atoms. The van der Waals surface area contributed by atoms with Gasteiger partial charge in [0.05, 0.1) is 6.54 Å². The Morgan fingerprint density at radius 3 is 1.92 bits per heavy atom. The zero-order valence-electron chi connectivity index (χ0n) is 7.54. The van der Waals surface area contributed by atoms with Crippen molar-refractivity contribution in [1.82, 2.24) is 4.90 Å². The van der Waals surface area contributed by atoms with Crippen LogP contribution in [0.1, 0.15) is 25.7 Å². The summed E-state index contributed by atoms with van der Waals surface area (Å²) in [5.41, 5.74) is 0. The minimum Gasteiger partial charge on any atom is -0.302 e. The van der Waals surface area contributed by atoms with Crippen molar-refractivity contribution in [2.75, 3.05) is 19.6 Å². The van der Waals surface area contributed by atoms with E-state index in [1.807, 2.05) is 0 Å². The second-order valence-corrected chi connectivity index (χ2v) is 4.27. The molecule has 2 aliphatic rings. The van der Waals surface area contributed by atoms with Gasteiger partial charge >= 0.3 is 0 Å². The van der Waals surface area contributed by atoms with Crippen LogP contribution < -0.4 is 0 Å². The third kappa shape index (κ3) is 2.59. The van der Waals surface area contributed by atoms with Gasteiger partial charge < -0.3 is 4.79 Å². The molecule has 0 radical (unpaired) electrons. The van der Waals surface area contributed by atoms with E-state index in [9.17, 15) is 4.79 Å². The van der Waals surface area contributed by atoms with Gasteiger partial charge in [0.2, 0.25) is 0 Å². The Hall–Kier alpha value is -0.370. The molecule has 0 amide bonds. The van der Waals surface area contributed by atoms with E-state index in [0.717, 1.165) is 18.1 Å². The molecule has 2 aliphatic carbocycles. The summed E-state index contributed by atoms with van der Waals surface area (Å²) in [7, 11) is 0. The lowest BCUT2D eigenvalue weighted by Crippen LogP contribution is -2.30. The summed E-state index contributed by atoms with van der Waals surface area (Å²) in [5.74, 6) is 1.84. The maximum absolute atomic E-state index is 10.4. The predicted octanol–water partition coefficient (Wildman–Crippen LogP) is 1.31. The second kappa shape index (κ2) is 3.56. The Morgan fingerprint density at radius 1 is 1.08 bits per heavy atom. The van der Waals surface area contributed by atoms with Gasteiger partial charge in [0.1, 0.15) is 6.29 Å². The molecule has 0 saturated heterocycles. The fraction of sp³-hybridized carbons (Fsp3) is 0.900. The average Bonchev–Trinajstić information content (AvgIpc) is 2.82. The summed E-state index contributed by atoms with van der Waals surface area (Å²) in [6.07, 6.45) is 6.60. The highest BCUT2D eigenvalue weighted by atomic mass is 16.1. The molecule has 2 fully saturated rings. The summed E-state index contributed by atoms with van der Waals surface area (Å²) in [4.78, 5) is 12.7. The van der Waals surface area contributed by atoms with Gasteiger partial charge in [0, 0.05) is 13.1 Å². The van der Waals surface area contributed by atoms with Crippen molar-refractivity contribution in [3.8, 4) is 0 Å². The summed E-state index contributed by atoms with van der Waals surface area (Å²) < 4.78 is 0. The zero-order valence-corrected chi connectivity index (χ0v) is 7.54. The van der Waals surface area contributed by atoms with Crippen molar-refractivity contribution in [3.63, 3.8) is 0 Å². The summed E-state index contributed by atoms with van der Waals surface area (Å²) in [6.45, 7) is 3.01. The topological polar surface area (TPSA) is 20.3 Å². The van der Waals surface area contributed by atoms with Crippen molar-refractivity contribution in [3.05, 3.63) is 0 Å². The number of nitrogens with zero attached hydrogens (tertiary/aromatic N) is 1. The van der Waals surface area contributed by atoms with Gasteiger partial charge in [-0.25, -0.2) is 0 Å². The Bertz CT molecular complexity index is 147. The lowest BCUT2D eigenvalue weighted by atomic mass is 10.3. The average molecular weight is 167 g/mol. The first kappa shape index (κ1) is 8.24. The van der Waals surface area contributed by atoms with Gasteiger partial charge in [0.15, 0.2) is 0 Å². The van der Waals surface area contributed by atoms with Crippen LogP contribution in [0.5, 0.6) is 0 Å². The third-order valence-corrected chi connectivity index (χ3v) is 2.76. The Morgan fingerprint density at radius 2 is 1.58 bits per heavy atom. The van der Waals surface area contributed by atoms with Gasteiger partial charge in [-0.15, -0.1) is 0 Å². The molecule has 0 aromatic carbocycles. The van der Waals surface area contributed by atoms with Crippen LogP contribution in [0, 0.1) is 11.8 Å². The van der Waals surface area contributed by atoms with Crippen LogP contribution in [0.4, 0.5) is 0 Å². The highest BCUT2D eigenvalue weighted by Crippen LogP contribution is 2.33. The first-order valence-corrected chi connectivity index (χ1v) is 5.04. The van der Waals surface area contributed by atoms with E-state index in [2.05, 4.69) is 4.90 Å². The van der Waals surface area contributed by atoms with Gasteiger partial charge in [-0.3, -0.25) is 4.90 Å². The van der Waals surface area contributed by atoms with Gasteiger partial charge in [0.25, 0.3) is 0 Å². The number of rotatable bonds is 6. The van der Waals surface area contributed by atoms with E-state index < -0.39 is 0 Å². The lowest BCUT2D eigenvalue weighted by Gasteiger charge is -2.18. The van der Waals surface area contributed by atoms with Crippen LogP contribution in [0.2, 0.25) is 0 Å². The SMILES string of the molecule is O=CCN(CC1CC1)CC1CC1.